The molecule has 1 unspecified atom stereocenters. The van der Waals surface area contributed by atoms with Crippen LogP contribution in [0.1, 0.15) is 19.8 Å². The molecule has 0 heterocycles. The van der Waals surface area contributed by atoms with Crippen molar-refractivity contribution in [2.75, 3.05) is 38.4 Å². The van der Waals surface area contributed by atoms with Crippen molar-refractivity contribution in [1.82, 2.24) is 9.62 Å². The van der Waals surface area contributed by atoms with Crippen LogP contribution in [0.25, 0.3) is 0 Å². The van der Waals surface area contributed by atoms with E-state index >= 15 is 0 Å². The second kappa shape index (κ2) is 8.33. The van der Waals surface area contributed by atoms with E-state index in [2.05, 4.69) is 5.32 Å². The molecule has 0 fully saturated rings. The minimum absolute atomic E-state index is 0.0898. The molecule has 0 aliphatic rings. The van der Waals surface area contributed by atoms with Gasteiger partial charge in [-0.25, -0.2) is 12.7 Å². The minimum atomic E-state index is -3.08. The van der Waals surface area contributed by atoms with E-state index in [1.807, 2.05) is 20.2 Å². The largest absolute Gasteiger partial charge is 0.320 e. The van der Waals surface area contributed by atoms with Gasteiger partial charge < -0.3 is 5.32 Å². The standard InChI is InChI=1S/C10H24N2O2S2/c1-10(6-8-15-4)12(3)16(13,14)9-5-7-11-2/h10-11H,5-9H2,1-4H3. The highest BCUT2D eigenvalue weighted by Gasteiger charge is 2.22. The maximum atomic E-state index is 11.9. The summed E-state index contributed by atoms with van der Waals surface area (Å²) in [6, 6.07) is 0.0898. The molecule has 0 aliphatic carbocycles. The molecule has 0 saturated heterocycles. The van der Waals surface area contributed by atoms with E-state index < -0.39 is 10.0 Å². The normalized spacial score (nSPS) is 14.3. The number of hydrogen-bond acceptors (Lipinski definition) is 4. The fourth-order valence-electron chi connectivity index (χ4n) is 1.32. The lowest BCUT2D eigenvalue weighted by Gasteiger charge is -2.24. The van der Waals surface area contributed by atoms with Gasteiger partial charge in [-0.2, -0.15) is 11.8 Å². The zero-order valence-corrected chi connectivity index (χ0v) is 12.3. The molecule has 6 heteroatoms. The number of thioether (sulfide) groups is 1. The lowest BCUT2D eigenvalue weighted by Crippen LogP contribution is -2.37. The second-order valence-corrected chi connectivity index (χ2v) is 7.05. The summed E-state index contributed by atoms with van der Waals surface area (Å²) in [7, 11) is 0.433. The first-order valence-electron chi connectivity index (χ1n) is 5.55. The van der Waals surface area contributed by atoms with Crippen LogP contribution in [0.15, 0.2) is 0 Å². The van der Waals surface area contributed by atoms with E-state index in [1.165, 1.54) is 4.31 Å². The van der Waals surface area contributed by atoms with Crippen LogP contribution >= 0.6 is 11.8 Å². The first-order chi connectivity index (χ1) is 7.45. The lowest BCUT2D eigenvalue weighted by molar-refractivity contribution is 0.382. The summed E-state index contributed by atoms with van der Waals surface area (Å²) in [5, 5.41) is 2.96. The second-order valence-electron chi connectivity index (χ2n) is 3.92. The third-order valence-electron chi connectivity index (χ3n) is 2.63. The van der Waals surface area contributed by atoms with Crippen molar-refractivity contribution in [3.8, 4) is 0 Å². The van der Waals surface area contributed by atoms with Gasteiger partial charge >= 0.3 is 0 Å². The van der Waals surface area contributed by atoms with Gasteiger partial charge in [0, 0.05) is 13.1 Å². The molecule has 0 aromatic heterocycles. The van der Waals surface area contributed by atoms with E-state index in [0.29, 0.717) is 6.42 Å². The SMILES string of the molecule is CNCCCS(=O)(=O)N(C)C(C)CCSC. The van der Waals surface area contributed by atoms with Gasteiger partial charge in [0.15, 0.2) is 0 Å². The molecule has 0 spiro atoms. The molecule has 0 rings (SSSR count). The Morgan fingerprint density at radius 1 is 1.44 bits per heavy atom. The van der Waals surface area contributed by atoms with Crippen molar-refractivity contribution in [1.29, 1.82) is 0 Å². The van der Waals surface area contributed by atoms with Crippen LogP contribution in [0.3, 0.4) is 0 Å². The van der Waals surface area contributed by atoms with Crippen LogP contribution in [0, 0.1) is 0 Å². The van der Waals surface area contributed by atoms with Gasteiger partial charge in [0.25, 0.3) is 0 Å². The molecular weight excluding hydrogens is 244 g/mol. The minimum Gasteiger partial charge on any atom is -0.320 e. The van der Waals surface area contributed by atoms with Gasteiger partial charge in [-0.05, 0) is 45.4 Å². The van der Waals surface area contributed by atoms with Crippen LogP contribution in [0.2, 0.25) is 0 Å². The van der Waals surface area contributed by atoms with Crippen LogP contribution in [-0.4, -0.2) is 57.2 Å². The van der Waals surface area contributed by atoms with Crippen molar-refractivity contribution in [3.63, 3.8) is 0 Å². The van der Waals surface area contributed by atoms with Crippen LogP contribution in [0.4, 0.5) is 0 Å². The van der Waals surface area contributed by atoms with Gasteiger partial charge in [-0.15, -0.1) is 0 Å². The van der Waals surface area contributed by atoms with Gasteiger partial charge in [-0.1, -0.05) is 0 Å². The van der Waals surface area contributed by atoms with Gasteiger partial charge in [0.05, 0.1) is 5.75 Å². The van der Waals surface area contributed by atoms with E-state index in [1.54, 1.807) is 18.8 Å². The fraction of sp³-hybridized carbons (Fsp3) is 1.00. The Hall–Kier alpha value is 0.220. The predicted octanol–water partition coefficient (Wildman–Crippen LogP) is 0.999. The highest BCUT2D eigenvalue weighted by Crippen LogP contribution is 2.11. The van der Waals surface area contributed by atoms with Crippen LogP contribution in [0.5, 0.6) is 0 Å². The van der Waals surface area contributed by atoms with Crippen molar-refractivity contribution < 1.29 is 8.42 Å². The summed E-state index contributed by atoms with van der Waals surface area (Å²) in [6.07, 6.45) is 3.61. The molecule has 0 aliphatic heterocycles. The van der Waals surface area contributed by atoms with Gasteiger partial charge in [0.2, 0.25) is 10.0 Å². The Morgan fingerprint density at radius 2 is 2.06 bits per heavy atom. The summed E-state index contributed by atoms with van der Waals surface area (Å²) >= 11 is 1.75. The molecule has 0 aromatic carbocycles. The highest BCUT2D eigenvalue weighted by molar-refractivity contribution is 7.98. The third-order valence-corrected chi connectivity index (χ3v) is 5.31. The van der Waals surface area contributed by atoms with Crippen molar-refractivity contribution >= 4 is 21.8 Å². The molecule has 0 aromatic rings. The fourth-order valence-corrected chi connectivity index (χ4v) is 3.35. The Morgan fingerprint density at radius 3 is 2.56 bits per heavy atom. The maximum absolute atomic E-state index is 11.9. The van der Waals surface area contributed by atoms with E-state index in [4.69, 9.17) is 0 Å². The molecule has 4 nitrogen and oxygen atoms in total. The Bertz CT molecular complexity index is 268. The lowest BCUT2D eigenvalue weighted by atomic mass is 10.3. The number of sulfonamides is 1. The van der Waals surface area contributed by atoms with Crippen molar-refractivity contribution in [2.45, 2.75) is 25.8 Å². The Balaban J connectivity index is 4.16. The predicted molar refractivity (Wildman–Crippen MR) is 72.6 cm³/mol. The molecule has 0 amide bonds. The number of hydrogen-bond donors (Lipinski definition) is 1. The molecule has 0 radical (unpaired) electrons. The summed E-state index contributed by atoms with van der Waals surface area (Å²) in [5.41, 5.74) is 0. The Labute approximate surface area is 104 Å². The molecule has 0 saturated carbocycles. The topological polar surface area (TPSA) is 49.4 Å². The zero-order chi connectivity index (χ0) is 12.6. The highest BCUT2D eigenvalue weighted by atomic mass is 32.2. The summed E-state index contributed by atoms with van der Waals surface area (Å²) in [5.74, 6) is 1.23. The Kier molecular flexibility index (Phi) is 8.45. The molecule has 0 bridgehead atoms. The first-order valence-corrected chi connectivity index (χ1v) is 8.55. The number of nitrogens with one attached hydrogen (secondary N) is 1. The molecule has 16 heavy (non-hydrogen) atoms. The van der Waals surface area contributed by atoms with Gasteiger partial charge in [-0.3, -0.25) is 0 Å². The van der Waals surface area contributed by atoms with Gasteiger partial charge in [0.1, 0.15) is 0 Å². The molecule has 98 valence electrons. The van der Waals surface area contributed by atoms with Crippen molar-refractivity contribution in [3.05, 3.63) is 0 Å². The van der Waals surface area contributed by atoms with E-state index in [0.717, 1.165) is 18.7 Å². The monoisotopic (exact) mass is 268 g/mol. The molecule has 1 atom stereocenters. The third kappa shape index (κ3) is 6.08. The van der Waals surface area contributed by atoms with Crippen LogP contribution in [-0.2, 0) is 10.0 Å². The smallest absolute Gasteiger partial charge is 0.214 e. The van der Waals surface area contributed by atoms with E-state index in [9.17, 15) is 8.42 Å². The number of nitrogens with zero attached hydrogens (tertiary/aromatic N) is 1. The average Bonchev–Trinajstić information content (AvgIpc) is 2.25. The summed E-state index contributed by atoms with van der Waals surface area (Å²) in [6.45, 7) is 2.71. The summed E-state index contributed by atoms with van der Waals surface area (Å²) < 4.78 is 25.3. The quantitative estimate of drug-likeness (QED) is 0.634. The van der Waals surface area contributed by atoms with Crippen molar-refractivity contribution in [2.24, 2.45) is 0 Å². The van der Waals surface area contributed by atoms with E-state index in [-0.39, 0.29) is 11.8 Å². The van der Waals surface area contributed by atoms with Crippen LogP contribution < -0.4 is 5.32 Å². The first kappa shape index (κ1) is 16.2. The zero-order valence-electron chi connectivity index (χ0n) is 10.7. The molecule has 1 N–H and O–H groups in total. The molecular formula is C10H24N2O2S2. The average molecular weight is 268 g/mol. The summed E-state index contributed by atoms with van der Waals surface area (Å²) in [4.78, 5) is 0. The number of rotatable bonds is 9. The maximum Gasteiger partial charge on any atom is 0.214 e.